The average molecular weight is 644 g/mol. The molecule has 40 heavy (non-hydrogen) atoms. The van der Waals surface area contributed by atoms with Gasteiger partial charge in [-0.05, 0) is 0 Å². The van der Waals surface area contributed by atoms with E-state index >= 15 is 0 Å². The van der Waals surface area contributed by atoms with Gasteiger partial charge in [0, 0.05) is 0 Å². The molecule has 5 heteroatoms. The van der Waals surface area contributed by atoms with Crippen molar-refractivity contribution < 1.29 is 25.8 Å². The normalized spacial score (nSPS) is 18.1. The molecule has 0 bridgehead atoms. The first-order chi connectivity index (χ1) is 19.5. The van der Waals surface area contributed by atoms with E-state index in [0.717, 1.165) is 11.5 Å². The number of fused-ring (bicyclic) bond motifs is 5. The van der Waals surface area contributed by atoms with Gasteiger partial charge in [-0.1, -0.05) is 0 Å². The molecule has 1 atom stereocenters. The molecular formula is C35H24OS2SiZr. The number of rotatable bonds is 2. The predicted molar refractivity (Wildman–Crippen MR) is 171 cm³/mol. The second kappa shape index (κ2) is 9.42. The summed E-state index contributed by atoms with van der Waals surface area (Å²) in [6, 6.07) is 28.8. The summed E-state index contributed by atoms with van der Waals surface area (Å²) < 4.78 is 9.30. The summed E-state index contributed by atoms with van der Waals surface area (Å²) in [7, 11) is -0.233. The van der Waals surface area contributed by atoms with Crippen molar-refractivity contribution in [2.45, 2.75) is 25.7 Å². The van der Waals surface area contributed by atoms with E-state index in [1.54, 1.807) is 8.11 Å². The molecule has 190 valence electrons. The molecule has 0 spiro atoms. The number of allylic oxidation sites excluding steroid dienone is 5. The van der Waals surface area contributed by atoms with Gasteiger partial charge in [-0.2, -0.15) is 0 Å². The zero-order valence-corrected chi connectivity index (χ0v) is 27.5. The quantitative estimate of drug-likeness (QED) is 0.138. The second-order valence-corrected chi connectivity index (χ2v) is 16.8. The van der Waals surface area contributed by atoms with Crippen molar-refractivity contribution in [3.05, 3.63) is 129 Å². The van der Waals surface area contributed by atoms with E-state index in [4.69, 9.17) is 4.42 Å². The number of thiophene rings is 1. The van der Waals surface area contributed by atoms with Gasteiger partial charge in [0.2, 0.25) is 0 Å². The standard InChI is InChI=1S/C35H24OS2.Si.Zr/c1-20-17-26-31(18-20)38(30-14-8-12-24(33(26)30)23-10-5-4-6-11-23)35-25(28-16-15-22(3)36-28)19-27-32-21(2)9-7-13-29(32)37-34(27)35;;/h4-17,19H,1-3H3;;. The van der Waals surface area contributed by atoms with Gasteiger partial charge in [-0.3, -0.25) is 0 Å². The van der Waals surface area contributed by atoms with Gasteiger partial charge in [0.1, 0.15) is 0 Å². The summed E-state index contributed by atoms with van der Waals surface area (Å²) in [5.41, 5.74) is 10.8. The first-order valence-electron chi connectivity index (χ1n) is 13.4. The van der Waals surface area contributed by atoms with Crippen LogP contribution in [-0.2, 0) is 21.4 Å². The Labute approximate surface area is 253 Å². The van der Waals surface area contributed by atoms with Crippen molar-refractivity contribution in [3.63, 3.8) is 0 Å². The van der Waals surface area contributed by atoms with E-state index in [1.165, 1.54) is 69.3 Å². The Bertz CT molecular complexity index is 2130. The Morgan fingerprint density at radius 3 is 2.45 bits per heavy atom. The SMILES string of the molecule is CC1=CC2=C([C]1=[Zr]=[Si])S(=C1C(c3ccc(C)o3)=Cc3c1sc1cccc(C)c31)c1cccc(-c3ccccc3)c12. The molecule has 2 aromatic heterocycles. The summed E-state index contributed by atoms with van der Waals surface area (Å²) in [6.45, 7) is 10.7. The molecule has 0 N–H and O–H groups in total. The Kier molecular flexibility index (Phi) is 5.90. The molecule has 0 saturated heterocycles. The van der Waals surface area contributed by atoms with E-state index in [9.17, 15) is 0 Å². The number of aryl methyl sites for hydroxylation is 2. The molecule has 5 aromatic rings. The number of benzene rings is 3. The maximum atomic E-state index is 6.35. The van der Waals surface area contributed by atoms with Crippen LogP contribution in [0.4, 0.5) is 0 Å². The van der Waals surface area contributed by atoms with Crippen LogP contribution in [0.3, 0.4) is 0 Å². The monoisotopic (exact) mass is 642 g/mol. The van der Waals surface area contributed by atoms with Crippen LogP contribution in [0, 0.1) is 13.8 Å². The van der Waals surface area contributed by atoms with Crippen molar-refractivity contribution >= 4 is 64.1 Å². The van der Waals surface area contributed by atoms with Crippen molar-refractivity contribution in [3.8, 4) is 11.1 Å². The molecule has 0 fully saturated rings. The molecule has 3 aromatic carbocycles. The van der Waals surface area contributed by atoms with Crippen molar-refractivity contribution in [2.24, 2.45) is 0 Å². The fraction of sp³-hybridized carbons (Fsp3) is 0.0857. The number of hydrogen-bond donors (Lipinski definition) is 0. The van der Waals surface area contributed by atoms with Crippen LogP contribution in [0.25, 0.3) is 38.4 Å². The first-order valence-corrected chi connectivity index (χ1v) is 20.9. The maximum absolute atomic E-state index is 6.35. The third-order valence-corrected chi connectivity index (χ3v) is 16.0. The van der Waals surface area contributed by atoms with E-state index in [1.807, 2.05) is 18.3 Å². The Morgan fingerprint density at radius 2 is 1.68 bits per heavy atom. The zero-order chi connectivity index (χ0) is 27.1. The van der Waals surface area contributed by atoms with Crippen molar-refractivity contribution in [2.75, 3.05) is 0 Å². The van der Waals surface area contributed by atoms with Crippen LogP contribution in [0.1, 0.15) is 40.0 Å². The van der Waals surface area contributed by atoms with Gasteiger partial charge in [0.25, 0.3) is 0 Å². The minimum atomic E-state index is -0.906. The Balaban J connectivity index is 1.53. The first kappa shape index (κ1) is 25.1. The molecule has 0 saturated carbocycles. The number of furan rings is 1. The molecule has 8 rings (SSSR count). The van der Waals surface area contributed by atoms with E-state index in [0.29, 0.717) is 0 Å². The van der Waals surface area contributed by atoms with Crippen molar-refractivity contribution in [1.29, 1.82) is 0 Å². The zero-order valence-electron chi connectivity index (χ0n) is 22.4. The molecule has 2 aliphatic carbocycles. The second-order valence-electron chi connectivity index (χ2n) is 10.5. The summed E-state index contributed by atoms with van der Waals surface area (Å²) in [4.78, 5) is 5.83. The van der Waals surface area contributed by atoms with Gasteiger partial charge < -0.3 is 0 Å². The van der Waals surface area contributed by atoms with E-state index in [2.05, 4.69) is 112 Å². The molecule has 0 amide bonds. The number of hydrogen-bond acceptors (Lipinski definition) is 2. The van der Waals surface area contributed by atoms with Crippen LogP contribution < -0.4 is 0 Å². The Morgan fingerprint density at radius 1 is 0.850 bits per heavy atom. The van der Waals surface area contributed by atoms with Crippen LogP contribution in [0.2, 0.25) is 0 Å². The fourth-order valence-corrected chi connectivity index (χ4v) is 15.4. The molecule has 1 aliphatic heterocycles. The van der Waals surface area contributed by atoms with Crippen LogP contribution in [-0.4, -0.2) is 14.9 Å². The average Bonchev–Trinajstić information content (AvgIpc) is 3.75. The van der Waals surface area contributed by atoms with Gasteiger partial charge in [-0.15, -0.1) is 0 Å². The fourth-order valence-electron chi connectivity index (χ4n) is 6.33. The predicted octanol–water partition coefficient (Wildman–Crippen LogP) is 9.20. The van der Waals surface area contributed by atoms with Gasteiger partial charge >= 0.3 is 255 Å². The Hall–Kier alpha value is -2.69. The third-order valence-electron chi connectivity index (χ3n) is 8.07. The summed E-state index contributed by atoms with van der Waals surface area (Å²) in [5.74, 6) is 1.93. The van der Waals surface area contributed by atoms with Crippen LogP contribution in [0.5, 0.6) is 0 Å². The van der Waals surface area contributed by atoms with Gasteiger partial charge in [0.05, 0.1) is 0 Å². The van der Waals surface area contributed by atoms with E-state index < -0.39 is 21.4 Å². The summed E-state index contributed by atoms with van der Waals surface area (Å²) in [6.07, 6.45) is 4.89. The minimum absolute atomic E-state index is 0.233. The molecule has 3 aliphatic rings. The molecule has 3 heterocycles. The van der Waals surface area contributed by atoms with Crippen LogP contribution >= 0.6 is 21.8 Å². The van der Waals surface area contributed by atoms with Gasteiger partial charge in [-0.25, -0.2) is 0 Å². The molecule has 2 radical (unpaired) electrons. The topological polar surface area (TPSA) is 13.1 Å². The third kappa shape index (κ3) is 3.54. The van der Waals surface area contributed by atoms with Crippen molar-refractivity contribution in [1.82, 2.24) is 0 Å². The molecular weight excluding hydrogens is 620 g/mol. The van der Waals surface area contributed by atoms with Gasteiger partial charge in [0.15, 0.2) is 0 Å². The summed E-state index contributed by atoms with van der Waals surface area (Å²) >= 11 is 1.04. The molecule has 1 unspecified atom stereocenters. The van der Waals surface area contributed by atoms with E-state index in [-0.39, 0.29) is 10.5 Å². The molecule has 1 nitrogen and oxygen atoms in total. The summed E-state index contributed by atoms with van der Waals surface area (Å²) in [5, 5.41) is 1.38. The van der Waals surface area contributed by atoms with Crippen LogP contribution in [0.15, 0.2) is 105 Å².